The van der Waals surface area contributed by atoms with Gasteiger partial charge in [0.25, 0.3) is 0 Å². The smallest absolute Gasteiger partial charge is 0.0992 e. The molecule has 0 N–H and O–H groups in total. The monoisotopic (exact) mass is 202 g/mol. The molecule has 2 heterocycles. The Morgan fingerprint density at radius 3 is 3.21 bits per heavy atom. The van der Waals surface area contributed by atoms with E-state index in [1.165, 1.54) is 5.52 Å². The van der Waals surface area contributed by atoms with Crippen LogP contribution in [0.25, 0.3) is 11.0 Å². The summed E-state index contributed by atoms with van der Waals surface area (Å²) in [6.07, 6.45) is 11.6. The minimum absolute atomic E-state index is 0.444. The number of hydrogen-bond donors (Lipinski definition) is 0. The third-order valence-corrected chi connectivity index (χ3v) is 3.26. The van der Waals surface area contributed by atoms with Crippen molar-refractivity contribution in [3.8, 4) is 0 Å². The molecule has 1 atom stereocenters. The Morgan fingerprint density at radius 2 is 2.36 bits per heavy atom. The molecule has 0 aromatic carbocycles. The Bertz CT molecular complexity index is 504. The van der Waals surface area contributed by atoms with E-state index in [2.05, 4.69) is 44.6 Å². The van der Waals surface area contributed by atoms with Gasteiger partial charge in [-0.05, 0) is 6.42 Å². The first kappa shape index (κ1) is 8.00. The molecule has 0 spiro atoms. The zero-order chi connectivity index (χ0) is 9.38. The van der Waals surface area contributed by atoms with Crippen LogP contribution in [0.2, 0.25) is 0 Å². The molecule has 0 aliphatic heterocycles. The first-order chi connectivity index (χ1) is 6.95. The van der Waals surface area contributed by atoms with E-state index in [1.54, 1.807) is 11.3 Å². The lowest BCUT2D eigenvalue weighted by Gasteiger charge is -2.14. The fraction of sp³-hybridized carbons (Fsp3) is 0.182. The Hall–Kier alpha value is -1.35. The average Bonchev–Trinajstić information content (AvgIpc) is 2.79. The Morgan fingerprint density at radius 1 is 1.36 bits per heavy atom. The third kappa shape index (κ3) is 1.13. The first-order valence-corrected chi connectivity index (χ1v) is 5.61. The van der Waals surface area contributed by atoms with E-state index in [9.17, 15) is 0 Å². The van der Waals surface area contributed by atoms with E-state index < -0.39 is 0 Å². The fourth-order valence-corrected chi connectivity index (χ4v) is 2.55. The van der Waals surface area contributed by atoms with Crippen LogP contribution in [0.4, 0.5) is 0 Å². The van der Waals surface area contributed by atoms with Gasteiger partial charge in [0.1, 0.15) is 0 Å². The third-order valence-electron chi connectivity index (χ3n) is 2.54. The molecule has 2 nitrogen and oxygen atoms in total. The predicted molar refractivity (Wildman–Crippen MR) is 59.5 cm³/mol. The average molecular weight is 202 g/mol. The van der Waals surface area contributed by atoms with Gasteiger partial charge in [-0.1, -0.05) is 24.3 Å². The molecule has 0 fully saturated rings. The molecule has 1 unspecified atom stereocenters. The first-order valence-electron chi connectivity index (χ1n) is 4.67. The molecular weight excluding hydrogens is 192 g/mol. The Kier molecular flexibility index (Phi) is 1.77. The fourth-order valence-electron chi connectivity index (χ4n) is 1.80. The molecule has 0 bridgehead atoms. The highest BCUT2D eigenvalue weighted by Gasteiger charge is 2.11. The lowest BCUT2D eigenvalue weighted by Crippen LogP contribution is -2.04. The van der Waals surface area contributed by atoms with Crippen LogP contribution >= 0.6 is 11.3 Å². The maximum atomic E-state index is 4.37. The quantitative estimate of drug-likeness (QED) is 0.694. The van der Waals surface area contributed by atoms with Crippen LogP contribution in [-0.2, 0) is 0 Å². The standard InChI is InChI=1S/C11H10N2S/c1-2-4-9(5-3-1)13-8-12-10-6-14-7-11(10)13/h1-4,6-9H,5H2. The molecule has 1 aliphatic rings. The van der Waals surface area contributed by atoms with Crippen molar-refractivity contribution in [1.29, 1.82) is 0 Å². The summed E-state index contributed by atoms with van der Waals surface area (Å²) in [7, 11) is 0. The summed E-state index contributed by atoms with van der Waals surface area (Å²) in [6.45, 7) is 0. The Balaban J connectivity index is 2.09. The van der Waals surface area contributed by atoms with Gasteiger partial charge >= 0.3 is 0 Å². The summed E-state index contributed by atoms with van der Waals surface area (Å²) in [5.41, 5.74) is 2.36. The predicted octanol–water partition coefficient (Wildman–Crippen LogP) is 3.16. The van der Waals surface area contributed by atoms with Crippen molar-refractivity contribution >= 4 is 22.4 Å². The van der Waals surface area contributed by atoms with Crippen LogP contribution in [-0.4, -0.2) is 9.55 Å². The molecule has 2 aromatic heterocycles. The lowest BCUT2D eigenvalue weighted by atomic mass is 10.1. The van der Waals surface area contributed by atoms with Gasteiger partial charge in [0.15, 0.2) is 0 Å². The van der Waals surface area contributed by atoms with Crippen molar-refractivity contribution in [3.63, 3.8) is 0 Å². The zero-order valence-corrected chi connectivity index (χ0v) is 8.45. The number of hydrogen-bond acceptors (Lipinski definition) is 2. The van der Waals surface area contributed by atoms with E-state index in [0.717, 1.165) is 11.9 Å². The maximum Gasteiger partial charge on any atom is 0.0992 e. The van der Waals surface area contributed by atoms with Crippen molar-refractivity contribution < 1.29 is 0 Å². The second-order valence-corrected chi connectivity index (χ2v) is 4.15. The summed E-state index contributed by atoms with van der Waals surface area (Å²) in [6, 6.07) is 0.444. The topological polar surface area (TPSA) is 17.8 Å². The lowest BCUT2D eigenvalue weighted by molar-refractivity contribution is 0.624. The molecule has 3 heteroatoms. The highest BCUT2D eigenvalue weighted by Crippen LogP contribution is 2.25. The second kappa shape index (κ2) is 3.10. The largest absolute Gasteiger partial charge is 0.323 e. The molecule has 0 radical (unpaired) electrons. The minimum atomic E-state index is 0.444. The van der Waals surface area contributed by atoms with E-state index in [4.69, 9.17) is 0 Å². The molecule has 3 rings (SSSR count). The molecular formula is C11H10N2S. The number of thiophene rings is 1. The van der Waals surface area contributed by atoms with Crippen molar-refractivity contribution in [1.82, 2.24) is 9.55 Å². The van der Waals surface area contributed by atoms with Crippen molar-refractivity contribution in [2.24, 2.45) is 0 Å². The number of aromatic nitrogens is 2. The van der Waals surface area contributed by atoms with Gasteiger partial charge in [0, 0.05) is 10.8 Å². The van der Waals surface area contributed by atoms with Crippen LogP contribution in [0.5, 0.6) is 0 Å². The van der Waals surface area contributed by atoms with Gasteiger partial charge in [-0.15, -0.1) is 11.3 Å². The van der Waals surface area contributed by atoms with Crippen LogP contribution in [0.1, 0.15) is 12.5 Å². The van der Waals surface area contributed by atoms with E-state index in [1.807, 2.05) is 6.33 Å². The number of allylic oxidation sites excluding steroid dienone is 4. The molecule has 70 valence electrons. The van der Waals surface area contributed by atoms with E-state index >= 15 is 0 Å². The van der Waals surface area contributed by atoms with Gasteiger partial charge in [0.2, 0.25) is 0 Å². The molecule has 0 saturated heterocycles. The van der Waals surface area contributed by atoms with Gasteiger partial charge in [-0.25, -0.2) is 4.98 Å². The summed E-state index contributed by atoms with van der Waals surface area (Å²) in [4.78, 5) is 4.37. The number of rotatable bonds is 1. The highest BCUT2D eigenvalue weighted by molar-refractivity contribution is 7.09. The molecule has 0 amide bonds. The summed E-state index contributed by atoms with van der Waals surface area (Å²) in [5, 5.41) is 4.25. The summed E-state index contributed by atoms with van der Waals surface area (Å²) < 4.78 is 2.24. The normalized spacial score (nSPS) is 20.7. The van der Waals surface area contributed by atoms with E-state index in [0.29, 0.717) is 6.04 Å². The Labute approximate surface area is 86.2 Å². The van der Waals surface area contributed by atoms with Gasteiger partial charge in [0.05, 0.1) is 23.4 Å². The highest BCUT2D eigenvalue weighted by atomic mass is 32.1. The number of imidazole rings is 1. The van der Waals surface area contributed by atoms with Crippen LogP contribution in [0, 0.1) is 0 Å². The molecule has 2 aromatic rings. The van der Waals surface area contributed by atoms with Gasteiger partial charge in [-0.3, -0.25) is 0 Å². The second-order valence-electron chi connectivity index (χ2n) is 3.41. The van der Waals surface area contributed by atoms with Crippen molar-refractivity contribution in [2.75, 3.05) is 0 Å². The SMILES string of the molecule is C1=CCC(n2cnc3cscc32)C=C1. The van der Waals surface area contributed by atoms with Crippen LogP contribution < -0.4 is 0 Å². The van der Waals surface area contributed by atoms with E-state index in [-0.39, 0.29) is 0 Å². The number of fused-ring (bicyclic) bond motifs is 1. The van der Waals surface area contributed by atoms with Crippen molar-refractivity contribution in [3.05, 3.63) is 41.4 Å². The summed E-state index contributed by atoms with van der Waals surface area (Å²) >= 11 is 1.71. The van der Waals surface area contributed by atoms with Gasteiger partial charge in [-0.2, -0.15) is 0 Å². The molecule has 14 heavy (non-hydrogen) atoms. The maximum absolute atomic E-state index is 4.37. The van der Waals surface area contributed by atoms with Crippen LogP contribution in [0.15, 0.2) is 41.4 Å². The minimum Gasteiger partial charge on any atom is -0.323 e. The summed E-state index contributed by atoms with van der Waals surface area (Å²) in [5.74, 6) is 0. The van der Waals surface area contributed by atoms with Crippen molar-refractivity contribution in [2.45, 2.75) is 12.5 Å². The number of nitrogens with zero attached hydrogens (tertiary/aromatic N) is 2. The molecule has 0 saturated carbocycles. The van der Waals surface area contributed by atoms with Gasteiger partial charge < -0.3 is 4.57 Å². The van der Waals surface area contributed by atoms with Crippen LogP contribution in [0.3, 0.4) is 0 Å². The molecule has 1 aliphatic carbocycles. The zero-order valence-electron chi connectivity index (χ0n) is 7.63.